The van der Waals surface area contributed by atoms with Gasteiger partial charge in [0.2, 0.25) is 0 Å². The molecule has 0 aromatic carbocycles. The topological polar surface area (TPSA) is 71.5 Å². The smallest absolute Gasteiger partial charge is 0.320 e. The Morgan fingerprint density at radius 2 is 2.17 bits per heavy atom. The number of hydrogen-bond acceptors (Lipinski definition) is 4. The number of nitrogens with one attached hydrogen (secondary N) is 1. The fourth-order valence-electron chi connectivity index (χ4n) is 1.73. The monoisotopic (exact) mass is 252 g/mol. The number of ether oxygens (including phenoxy) is 1. The lowest BCUT2D eigenvalue weighted by Crippen LogP contribution is -2.40. The summed E-state index contributed by atoms with van der Waals surface area (Å²) in [6, 6.07) is 3.07. The van der Waals surface area contributed by atoms with E-state index in [4.69, 9.17) is 9.84 Å². The van der Waals surface area contributed by atoms with Crippen LogP contribution in [-0.4, -0.2) is 29.2 Å². The molecule has 18 heavy (non-hydrogen) atoms. The summed E-state index contributed by atoms with van der Waals surface area (Å²) in [5.41, 5.74) is 1.63. The molecule has 5 heteroatoms. The number of methoxy groups -OCH3 is 1. The summed E-state index contributed by atoms with van der Waals surface area (Å²) in [4.78, 5) is 15.4. The number of aromatic nitrogens is 1. The van der Waals surface area contributed by atoms with E-state index in [-0.39, 0.29) is 5.92 Å². The summed E-state index contributed by atoms with van der Waals surface area (Å²) in [5.74, 6) is -0.0884. The summed E-state index contributed by atoms with van der Waals surface area (Å²) < 4.78 is 5.15. The van der Waals surface area contributed by atoms with Gasteiger partial charge in [0, 0.05) is 24.4 Å². The first-order valence-electron chi connectivity index (χ1n) is 5.91. The minimum Gasteiger partial charge on any atom is -0.497 e. The Morgan fingerprint density at radius 1 is 1.50 bits per heavy atom. The number of aliphatic carboxylic acids is 1. The van der Waals surface area contributed by atoms with Crippen molar-refractivity contribution in [2.24, 2.45) is 5.92 Å². The van der Waals surface area contributed by atoms with Gasteiger partial charge in [-0.05, 0) is 12.8 Å². The van der Waals surface area contributed by atoms with E-state index in [1.165, 1.54) is 0 Å². The second-order valence-corrected chi connectivity index (χ2v) is 4.58. The van der Waals surface area contributed by atoms with Gasteiger partial charge in [0.25, 0.3) is 0 Å². The normalized spacial score (nSPS) is 12.5. The number of aryl methyl sites for hydroxylation is 1. The zero-order chi connectivity index (χ0) is 13.7. The molecule has 5 nitrogen and oxygen atoms in total. The SMILES string of the molecule is COc1cc(C)nc(CNC(C(=O)O)C(C)C)c1. The van der Waals surface area contributed by atoms with Crippen LogP contribution >= 0.6 is 0 Å². The fourth-order valence-corrected chi connectivity index (χ4v) is 1.73. The maximum Gasteiger partial charge on any atom is 0.320 e. The van der Waals surface area contributed by atoms with Gasteiger partial charge in [-0.15, -0.1) is 0 Å². The molecule has 2 N–H and O–H groups in total. The highest BCUT2D eigenvalue weighted by molar-refractivity contribution is 5.73. The molecule has 1 rings (SSSR count). The average Bonchev–Trinajstić information content (AvgIpc) is 2.27. The Balaban J connectivity index is 2.73. The van der Waals surface area contributed by atoms with Gasteiger partial charge >= 0.3 is 5.97 Å². The van der Waals surface area contributed by atoms with Gasteiger partial charge in [-0.2, -0.15) is 0 Å². The zero-order valence-corrected chi connectivity index (χ0v) is 11.2. The van der Waals surface area contributed by atoms with E-state index in [0.717, 1.165) is 17.1 Å². The average molecular weight is 252 g/mol. The highest BCUT2D eigenvalue weighted by Crippen LogP contribution is 2.13. The molecule has 0 saturated heterocycles. The lowest BCUT2D eigenvalue weighted by Gasteiger charge is -2.17. The summed E-state index contributed by atoms with van der Waals surface area (Å²) in [7, 11) is 1.60. The van der Waals surface area contributed by atoms with Gasteiger partial charge in [0.15, 0.2) is 0 Å². The lowest BCUT2D eigenvalue weighted by molar-refractivity contribution is -0.140. The van der Waals surface area contributed by atoms with Crippen LogP contribution in [0.15, 0.2) is 12.1 Å². The van der Waals surface area contributed by atoms with Gasteiger partial charge < -0.3 is 9.84 Å². The highest BCUT2D eigenvalue weighted by Gasteiger charge is 2.20. The molecule has 0 spiro atoms. The standard InChI is InChI=1S/C13H20N2O3/c1-8(2)12(13(16)17)14-7-10-6-11(18-4)5-9(3)15-10/h5-6,8,12,14H,7H2,1-4H3,(H,16,17). The van der Waals surface area contributed by atoms with E-state index in [2.05, 4.69) is 10.3 Å². The molecule has 0 bridgehead atoms. The van der Waals surface area contributed by atoms with Gasteiger partial charge in [0.1, 0.15) is 11.8 Å². The molecule has 0 fully saturated rings. The van der Waals surface area contributed by atoms with Crippen LogP contribution in [0.3, 0.4) is 0 Å². The summed E-state index contributed by atoms with van der Waals surface area (Å²) in [5, 5.41) is 12.1. The van der Waals surface area contributed by atoms with E-state index in [1.54, 1.807) is 13.2 Å². The first-order valence-corrected chi connectivity index (χ1v) is 5.91. The van der Waals surface area contributed by atoms with E-state index in [0.29, 0.717) is 6.54 Å². The first-order chi connectivity index (χ1) is 8.43. The van der Waals surface area contributed by atoms with E-state index in [9.17, 15) is 4.79 Å². The Morgan fingerprint density at radius 3 is 2.67 bits per heavy atom. The second kappa shape index (κ2) is 6.35. The Bertz CT molecular complexity index is 419. The molecule has 0 amide bonds. The van der Waals surface area contributed by atoms with Crippen LogP contribution in [0.1, 0.15) is 25.2 Å². The van der Waals surface area contributed by atoms with Crippen LogP contribution < -0.4 is 10.1 Å². The quantitative estimate of drug-likeness (QED) is 0.804. The van der Waals surface area contributed by atoms with Crippen molar-refractivity contribution >= 4 is 5.97 Å². The third kappa shape index (κ3) is 4.00. The van der Waals surface area contributed by atoms with Crippen molar-refractivity contribution in [1.29, 1.82) is 0 Å². The van der Waals surface area contributed by atoms with Crippen LogP contribution in [0.2, 0.25) is 0 Å². The molecule has 1 aromatic rings. The summed E-state index contributed by atoms with van der Waals surface area (Å²) in [6.45, 7) is 6.03. The van der Waals surface area contributed by atoms with Crippen molar-refractivity contribution in [3.63, 3.8) is 0 Å². The molecule has 0 aliphatic carbocycles. The molecule has 0 aliphatic heterocycles. The number of rotatable bonds is 6. The number of hydrogen-bond donors (Lipinski definition) is 2. The van der Waals surface area contributed by atoms with Crippen LogP contribution in [0.25, 0.3) is 0 Å². The van der Waals surface area contributed by atoms with Crippen molar-refractivity contribution in [3.8, 4) is 5.75 Å². The van der Waals surface area contributed by atoms with Gasteiger partial charge in [0.05, 0.1) is 12.8 Å². The molecule has 0 radical (unpaired) electrons. The number of carboxylic acids is 1. The second-order valence-electron chi connectivity index (χ2n) is 4.58. The molecule has 1 atom stereocenters. The zero-order valence-electron chi connectivity index (χ0n) is 11.2. The van der Waals surface area contributed by atoms with Crippen molar-refractivity contribution in [3.05, 3.63) is 23.5 Å². The number of carbonyl (C=O) groups is 1. The van der Waals surface area contributed by atoms with Gasteiger partial charge in [-0.3, -0.25) is 15.1 Å². The molecule has 1 heterocycles. The fraction of sp³-hybridized carbons (Fsp3) is 0.538. The maximum atomic E-state index is 11.0. The largest absolute Gasteiger partial charge is 0.497 e. The molecular formula is C13H20N2O3. The van der Waals surface area contributed by atoms with E-state index in [1.807, 2.05) is 26.8 Å². The Labute approximate surface area is 107 Å². The Kier molecular flexibility index (Phi) is 5.09. The highest BCUT2D eigenvalue weighted by atomic mass is 16.5. The molecule has 0 saturated carbocycles. The van der Waals surface area contributed by atoms with Crippen molar-refractivity contribution in [1.82, 2.24) is 10.3 Å². The minimum absolute atomic E-state index is 0.0224. The third-order valence-electron chi connectivity index (χ3n) is 2.65. The van der Waals surface area contributed by atoms with Crippen LogP contribution in [0, 0.1) is 12.8 Å². The Hall–Kier alpha value is -1.62. The third-order valence-corrected chi connectivity index (χ3v) is 2.65. The molecule has 1 aromatic heterocycles. The van der Waals surface area contributed by atoms with Crippen molar-refractivity contribution < 1.29 is 14.6 Å². The predicted octanol–water partition coefficient (Wildman–Crippen LogP) is 1.60. The van der Waals surface area contributed by atoms with E-state index < -0.39 is 12.0 Å². The summed E-state index contributed by atoms with van der Waals surface area (Å²) >= 11 is 0. The summed E-state index contributed by atoms with van der Waals surface area (Å²) in [6.07, 6.45) is 0. The lowest BCUT2D eigenvalue weighted by atomic mass is 10.0. The van der Waals surface area contributed by atoms with Gasteiger partial charge in [-0.1, -0.05) is 13.8 Å². The molecule has 0 aliphatic rings. The molecular weight excluding hydrogens is 232 g/mol. The minimum atomic E-state index is -0.843. The molecule has 1 unspecified atom stereocenters. The number of nitrogens with zero attached hydrogens (tertiary/aromatic N) is 1. The number of carboxylic acid groups (broad SMARTS) is 1. The van der Waals surface area contributed by atoms with Crippen LogP contribution in [-0.2, 0) is 11.3 Å². The molecule has 100 valence electrons. The van der Waals surface area contributed by atoms with Crippen LogP contribution in [0.5, 0.6) is 5.75 Å². The van der Waals surface area contributed by atoms with Crippen LogP contribution in [0.4, 0.5) is 0 Å². The van der Waals surface area contributed by atoms with Gasteiger partial charge in [-0.25, -0.2) is 0 Å². The predicted molar refractivity (Wildman–Crippen MR) is 68.6 cm³/mol. The van der Waals surface area contributed by atoms with Crippen molar-refractivity contribution in [2.45, 2.75) is 33.4 Å². The maximum absolute atomic E-state index is 11.0. The van der Waals surface area contributed by atoms with E-state index >= 15 is 0 Å². The van der Waals surface area contributed by atoms with Crippen molar-refractivity contribution in [2.75, 3.05) is 7.11 Å². The first kappa shape index (κ1) is 14.4. The number of pyridine rings is 1.